The van der Waals surface area contributed by atoms with Crippen molar-refractivity contribution in [3.05, 3.63) is 431 Å². The zero-order valence-electron chi connectivity index (χ0n) is 54.4. The van der Waals surface area contributed by atoms with Gasteiger partial charge in [-0.3, -0.25) is 0 Å². The molecule has 0 aliphatic rings. The first-order valence-electron chi connectivity index (χ1n) is 33.7. The molecule has 0 unspecified atom stereocenters. The quantitative estimate of drug-likeness (QED) is 0.0722. The van der Waals surface area contributed by atoms with E-state index in [0.717, 1.165) is 28.4 Å². The van der Waals surface area contributed by atoms with Gasteiger partial charge < -0.3 is 10.2 Å². The van der Waals surface area contributed by atoms with Crippen molar-refractivity contribution in [2.24, 2.45) is 0 Å². The molecule has 98 heavy (non-hydrogen) atoms. The summed E-state index contributed by atoms with van der Waals surface area (Å²) in [6, 6.07) is 157. The molecule has 16 aromatic rings. The largest absolute Gasteiger partial charge is 0.356 e. The second-order valence-electron chi connectivity index (χ2n) is 24.8. The molecule has 16 rings (SSSR count). The highest BCUT2D eigenvalue weighted by Crippen LogP contribution is 2.40. The number of hydrogen-bond donors (Lipinski definition) is 1. The van der Waals surface area contributed by atoms with Crippen molar-refractivity contribution in [2.45, 2.75) is 0 Å². The van der Waals surface area contributed by atoms with Crippen LogP contribution in [-0.4, -0.2) is 16.1 Å². The van der Waals surface area contributed by atoms with Crippen LogP contribution in [0.25, 0.3) is 55.3 Å². The Morgan fingerprint density at radius 1 is 0.173 bits per heavy atom. The number of nitrogens with zero attached hydrogens (tertiary/aromatic N) is 1. The van der Waals surface area contributed by atoms with E-state index < -0.39 is 16.1 Å². The standard InChI is InChI=1S/C58H43NSi.C36H29NSi/c1-6-18-46(19-7-1)56-30-16-20-48-21-17-31-57(58(48)56)47-34-40-51(41-35-47)59(49-22-8-2-9-23-49)50-38-32-44(33-39-50)45-36-42-55(43-37-45)60(52-24-10-3-11-25-52,53-26-12-4-13-27-53)54-28-14-5-15-29-54;1-5-13-31(14-6-1)37-32-25-21-29(22-26-32)30-23-27-36(28-24-30)38(33-15-7-2-8-16-33,34-17-9-3-10-18-34)35-19-11-4-12-20-35/h1-43H;1-28,37H. The van der Waals surface area contributed by atoms with Crippen LogP contribution in [-0.2, 0) is 0 Å². The van der Waals surface area contributed by atoms with E-state index in [9.17, 15) is 0 Å². The van der Waals surface area contributed by atoms with Crippen LogP contribution in [0.4, 0.5) is 28.4 Å². The van der Waals surface area contributed by atoms with Gasteiger partial charge in [0.1, 0.15) is 0 Å². The minimum absolute atomic E-state index is 1.08. The Bertz CT molecular complexity index is 4990. The first-order chi connectivity index (χ1) is 48.6. The summed E-state index contributed by atoms with van der Waals surface area (Å²) < 4.78 is 0. The summed E-state index contributed by atoms with van der Waals surface area (Å²) in [7, 11) is -5.07. The van der Waals surface area contributed by atoms with Crippen molar-refractivity contribution in [1.29, 1.82) is 0 Å². The number of nitrogens with one attached hydrogen (secondary N) is 1. The molecule has 0 aliphatic carbocycles. The van der Waals surface area contributed by atoms with Crippen molar-refractivity contribution in [3.8, 4) is 44.5 Å². The minimum atomic E-state index is -2.59. The molecule has 4 heteroatoms. The first kappa shape index (κ1) is 62.0. The molecular weight excluding hydrogens is 1210 g/mol. The molecule has 466 valence electrons. The Hall–Kier alpha value is -12.2. The summed E-state index contributed by atoms with van der Waals surface area (Å²) in [6.45, 7) is 0. The molecule has 0 fully saturated rings. The second kappa shape index (κ2) is 28.8. The van der Waals surface area contributed by atoms with Crippen LogP contribution >= 0.6 is 0 Å². The van der Waals surface area contributed by atoms with Crippen LogP contribution in [0.15, 0.2) is 431 Å². The third-order valence-corrected chi connectivity index (χ3v) is 28.7. The molecule has 0 saturated carbocycles. The van der Waals surface area contributed by atoms with Crippen LogP contribution < -0.4 is 51.7 Å². The van der Waals surface area contributed by atoms with E-state index in [1.54, 1.807) is 0 Å². The Kier molecular flexibility index (Phi) is 18.2. The Morgan fingerprint density at radius 2 is 0.418 bits per heavy atom. The molecule has 0 heterocycles. The van der Waals surface area contributed by atoms with Gasteiger partial charge in [-0.2, -0.15) is 0 Å². The summed E-state index contributed by atoms with van der Waals surface area (Å²) in [5.74, 6) is 0. The second-order valence-corrected chi connectivity index (χ2v) is 32.4. The van der Waals surface area contributed by atoms with E-state index in [2.05, 4.69) is 423 Å². The highest BCUT2D eigenvalue weighted by atomic mass is 28.3. The van der Waals surface area contributed by atoms with Crippen molar-refractivity contribution in [2.75, 3.05) is 10.2 Å². The molecule has 1 N–H and O–H groups in total. The molecule has 0 spiro atoms. The average Bonchev–Trinajstić information content (AvgIpc) is 0.740. The predicted octanol–water partition coefficient (Wildman–Crippen LogP) is 19.2. The molecule has 0 radical (unpaired) electrons. The maximum atomic E-state index is 3.47. The predicted molar refractivity (Wildman–Crippen MR) is 424 cm³/mol. The SMILES string of the molecule is c1ccc(-c2cccc3cccc(-c4ccc(N(c5ccccc5)c5ccc(-c6ccc([Si](c7ccccc7)(c7ccccc7)c7ccccc7)cc6)cc5)cc4)c23)cc1.c1ccc(Nc2ccc(-c3ccc([Si](c4ccccc4)(c4ccccc4)c4ccccc4)cc3)cc2)cc1. The maximum Gasteiger partial charge on any atom is 0.179 e. The molecule has 0 amide bonds. The van der Waals surface area contributed by atoms with E-state index in [4.69, 9.17) is 0 Å². The van der Waals surface area contributed by atoms with Crippen LogP contribution in [0.5, 0.6) is 0 Å². The van der Waals surface area contributed by atoms with Gasteiger partial charge in [0, 0.05) is 28.4 Å². The van der Waals surface area contributed by atoms with Crippen LogP contribution in [0.3, 0.4) is 0 Å². The van der Waals surface area contributed by atoms with Gasteiger partial charge in [0.2, 0.25) is 0 Å². The highest BCUT2D eigenvalue weighted by molar-refractivity contribution is 7.20. The fraction of sp³-hybridized carbons (Fsp3) is 0. The molecule has 16 aromatic carbocycles. The summed E-state index contributed by atoms with van der Waals surface area (Å²) in [4.78, 5) is 2.34. The number of fused-ring (bicyclic) bond motifs is 1. The Labute approximate surface area is 578 Å². The lowest BCUT2D eigenvalue weighted by molar-refractivity contribution is 1.28. The van der Waals surface area contributed by atoms with Crippen LogP contribution in [0.2, 0.25) is 0 Å². The molecule has 0 bridgehead atoms. The van der Waals surface area contributed by atoms with E-state index in [1.165, 1.54) is 96.8 Å². The van der Waals surface area contributed by atoms with Crippen molar-refractivity contribution in [1.82, 2.24) is 0 Å². The lowest BCUT2D eigenvalue weighted by atomic mass is 9.91. The van der Waals surface area contributed by atoms with Crippen LogP contribution in [0, 0.1) is 0 Å². The summed E-state index contributed by atoms with van der Waals surface area (Å²) in [5, 5.41) is 17.0. The van der Waals surface area contributed by atoms with E-state index >= 15 is 0 Å². The van der Waals surface area contributed by atoms with Crippen molar-refractivity contribution in [3.63, 3.8) is 0 Å². The monoisotopic (exact) mass is 1280 g/mol. The minimum Gasteiger partial charge on any atom is -0.356 e. The van der Waals surface area contributed by atoms with Gasteiger partial charge in [-0.25, -0.2) is 0 Å². The third-order valence-electron chi connectivity index (χ3n) is 19.1. The smallest absolute Gasteiger partial charge is 0.179 e. The third kappa shape index (κ3) is 12.6. The number of anilines is 5. The van der Waals surface area contributed by atoms with Crippen LogP contribution in [0.1, 0.15) is 0 Å². The molecular formula is C94H72N2Si2. The zero-order valence-corrected chi connectivity index (χ0v) is 56.4. The molecule has 0 atom stereocenters. The molecule has 0 saturated heterocycles. The topological polar surface area (TPSA) is 15.3 Å². The fourth-order valence-electron chi connectivity index (χ4n) is 14.4. The normalized spacial score (nSPS) is 11.3. The number of para-hydroxylation sites is 2. The fourth-order valence-corrected chi connectivity index (χ4v) is 23.9. The van der Waals surface area contributed by atoms with Gasteiger partial charge in [0.25, 0.3) is 0 Å². The number of rotatable bonds is 17. The highest BCUT2D eigenvalue weighted by Gasteiger charge is 2.42. The summed E-state index contributed by atoms with van der Waals surface area (Å²) >= 11 is 0. The Balaban J connectivity index is 0.000000177. The van der Waals surface area contributed by atoms with Gasteiger partial charge in [0.05, 0.1) is 0 Å². The zero-order chi connectivity index (χ0) is 65.8. The van der Waals surface area contributed by atoms with Crippen molar-refractivity contribution >= 4 is 96.9 Å². The van der Waals surface area contributed by atoms with Gasteiger partial charge in [-0.05, 0) is 157 Å². The summed E-state index contributed by atoms with van der Waals surface area (Å²) in [6.07, 6.45) is 0. The first-order valence-corrected chi connectivity index (χ1v) is 37.7. The van der Waals surface area contributed by atoms with Gasteiger partial charge >= 0.3 is 0 Å². The van der Waals surface area contributed by atoms with Gasteiger partial charge in [0.15, 0.2) is 16.1 Å². The summed E-state index contributed by atoms with van der Waals surface area (Å²) in [5.41, 5.74) is 15.2. The Morgan fingerprint density at radius 3 is 0.765 bits per heavy atom. The molecule has 0 aromatic heterocycles. The number of benzene rings is 16. The molecule has 0 aliphatic heterocycles. The van der Waals surface area contributed by atoms with E-state index in [-0.39, 0.29) is 0 Å². The number of hydrogen-bond acceptors (Lipinski definition) is 2. The lowest BCUT2D eigenvalue weighted by Crippen LogP contribution is -2.74. The van der Waals surface area contributed by atoms with E-state index in [0.29, 0.717) is 0 Å². The lowest BCUT2D eigenvalue weighted by Gasteiger charge is -2.34. The average molecular weight is 1290 g/mol. The van der Waals surface area contributed by atoms with Crippen molar-refractivity contribution < 1.29 is 0 Å². The van der Waals surface area contributed by atoms with Gasteiger partial charge in [-0.15, -0.1) is 0 Å². The maximum absolute atomic E-state index is 3.47. The van der Waals surface area contributed by atoms with E-state index in [1.807, 2.05) is 18.2 Å². The van der Waals surface area contributed by atoms with Gasteiger partial charge in [-0.1, -0.05) is 370 Å². The molecule has 2 nitrogen and oxygen atoms in total.